The van der Waals surface area contributed by atoms with Crippen LogP contribution in [0.2, 0.25) is 5.02 Å². The number of halogens is 2. The molecule has 2 N–H and O–H groups in total. The van der Waals surface area contributed by atoms with E-state index >= 15 is 0 Å². The van der Waals surface area contributed by atoms with E-state index in [0.717, 1.165) is 16.6 Å². The largest absolute Gasteiger partial charge is 0.479 e. The van der Waals surface area contributed by atoms with E-state index in [4.69, 9.17) is 21.4 Å². The summed E-state index contributed by atoms with van der Waals surface area (Å²) in [4.78, 5) is 10.7. The molecule has 1 aromatic carbocycles. The maximum atomic E-state index is 10.7. The van der Waals surface area contributed by atoms with Crippen molar-refractivity contribution in [3.63, 3.8) is 0 Å². The molecule has 0 saturated carbocycles. The number of ether oxygens (including phenoxy) is 1. The number of nitrogens with one attached hydrogen (secondary N) is 1. The summed E-state index contributed by atoms with van der Waals surface area (Å²) in [5.41, 5.74) is 0.822. The summed E-state index contributed by atoms with van der Waals surface area (Å²) in [7, 11) is 0. The van der Waals surface area contributed by atoms with Gasteiger partial charge in [-0.2, -0.15) is 0 Å². The van der Waals surface area contributed by atoms with Gasteiger partial charge in [-0.15, -0.1) is 0 Å². The van der Waals surface area contributed by atoms with Crippen LogP contribution in [0.1, 0.15) is 12.8 Å². The SMILES string of the molecule is O=C(O)C1CCC(CNc2ccc(Br)cc2Cl)O1. The van der Waals surface area contributed by atoms with Crippen molar-refractivity contribution < 1.29 is 14.6 Å². The Morgan fingerprint density at radius 1 is 1.56 bits per heavy atom. The summed E-state index contributed by atoms with van der Waals surface area (Å²) in [6, 6.07) is 5.57. The first-order valence-corrected chi connectivity index (χ1v) is 6.80. The molecule has 1 saturated heterocycles. The molecule has 0 bridgehead atoms. The zero-order valence-corrected chi connectivity index (χ0v) is 11.9. The first kappa shape index (κ1) is 13.6. The minimum atomic E-state index is -0.890. The van der Waals surface area contributed by atoms with E-state index in [-0.39, 0.29) is 6.10 Å². The van der Waals surface area contributed by atoms with Crippen LogP contribution in [0.3, 0.4) is 0 Å². The highest BCUT2D eigenvalue weighted by atomic mass is 79.9. The molecule has 6 heteroatoms. The Morgan fingerprint density at radius 2 is 2.33 bits per heavy atom. The minimum absolute atomic E-state index is 0.0780. The van der Waals surface area contributed by atoms with Crippen LogP contribution in [0.5, 0.6) is 0 Å². The molecule has 0 radical (unpaired) electrons. The fourth-order valence-corrected chi connectivity index (χ4v) is 2.63. The highest BCUT2D eigenvalue weighted by Crippen LogP contribution is 2.26. The van der Waals surface area contributed by atoms with Crippen molar-refractivity contribution in [1.29, 1.82) is 0 Å². The van der Waals surface area contributed by atoms with Crippen LogP contribution in [0, 0.1) is 0 Å². The van der Waals surface area contributed by atoms with Gasteiger partial charge in [0, 0.05) is 11.0 Å². The van der Waals surface area contributed by atoms with Crippen molar-refractivity contribution in [3.8, 4) is 0 Å². The van der Waals surface area contributed by atoms with Crippen molar-refractivity contribution in [2.24, 2.45) is 0 Å². The van der Waals surface area contributed by atoms with Crippen LogP contribution in [0.25, 0.3) is 0 Å². The highest BCUT2D eigenvalue weighted by molar-refractivity contribution is 9.10. The molecule has 1 heterocycles. The highest BCUT2D eigenvalue weighted by Gasteiger charge is 2.30. The molecule has 18 heavy (non-hydrogen) atoms. The molecule has 1 aliphatic rings. The van der Waals surface area contributed by atoms with Crippen LogP contribution in [0.15, 0.2) is 22.7 Å². The van der Waals surface area contributed by atoms with Crippen LogP contribution in [-0.4, -0.2) is 29.8 Å². The molecule has 0 aliphatic carbocycles. The fourth-order valence-electron chi connectivity index (χ4n) is 1.89. The molecule has 98 valence electrons. The van der Waals surface area contributed by atoms with Crippen LogP contribution in [-0.2, 0) is 9.53 Å². The number of rotatable bonds is 4. The molecule has 2 rings (SSSR count). The molecule has 0 aromatic heterocycles. The van der Waals surface area contributed by atoms with Crippen molar-refractivity contribution in [1.82, 2.24) is 0 Å². The number of anilines is 1. The summed E-state index contributed by atoms with van der Waals surface area (Å²) < 4.78 is 6.31. The Bertz CT molecular complexity index is 455. The molecular formula is C12H13BrClNO3. The topological polar surface area (TPSA) is 58.6 Å². The number of benzene rings is 1. The van der Waals surface area contributed by atoms with Gasteiger partial charge in [0.1, 0.15) is 0 Å². The van der Waals surface area contributed by atoms with Gasteiger partial charge in [0.25, 0.3) is 0 Å². The van der Waals surface area contributed by atoms with Gasteiger partial charge in [-0.3, -0.25) is 0 Å². The van der Waals surface area contributed by atoms with Crippen molar-refractivity contribution in [2.75, 3.05) is 11.9 Å². The maximum absolute atomic E-state index is 10.7. The molecule has 2 atom stereocenters. The number of carbonyl (C=O) groups is 1. The second kappa shape index (κ2) is 5.91. The van der Waals surface area contributed by atoms with Crippen molar-refractivity contribution in [2.45, 2.75) is 25.0 Å². The normalized spacial score (nSPS) is 23.0. The summed E-state index contributed by atoms with van der Waals surface area (Å²) in [6.07, 6.45) is 0.566. The first-order chi connectivity index (χ1) is 8.56. The molecule has 1 fully saturated rings. The molecular weight excluding hydrogens is 321 g/mol. The second-order valence-corrected chi connectivity index (χ2v) is 5.49. The number of carboxylic acids is 1. The molecule has 1 aromatic rings. The smallest absolute Gasteiger partial charge is 0.332 e. The lowest BCUT2D eigenvalue weighted by atomic mass is 10.2. The average Bonchev–Trinajstić information content (AvgIpc) is 2.76. The van der Waals surface area contributed by atoms with Gasteiger partial charge in [0.2, 0.25) is 0 Å². The van der Waals surface area contributed by atoms with Gasteiger partial charge in [0.15, 0.2) is 6.10 Å². The monoisotopic (exact) mass is 333 g/mol. The maximum Gasteiger partial charge on any atom is 0.332 e. The Balaban J connectivity index is 1.87. The lowest BCUT2D eigenvalue weighted by Crippen LogP contribution is -2.24. The lowest BCUT2D eigenvalue weighted by Gasteiger charge is -2.14. The minimum Gasteiger partial charge on any atom is -0.479 e. The van der Waals surface area contributed by atoms with Gasteiger partial charge in [-0.1, -0.05) is 27.5 Å². The van der Waals surface area contributed by atoms with E-state index in [9.17, 15) is 4.79 Å². The molecule has 4 nitrogen and oxygen atoms in total. The third-order valence-corrected chi connectivity index (χ3v) is 3.64. The zero-order valence-electron chi connectivity index (χ0n) is 9.53. The molecule has 2 unspecified atom stereocenters. The van der Waals surface area contributed by atoms with E-state index in [1.165, 1.54) is 0 Å². The Morgan fingerprint density at radius 3 is 2.94 bits per heavy atom. The van der Waals surface area contributed by atoms with Crippen LogP contribution in [0.4, 0.5) is 5.69 Å². The molecule has 1 aliphatic heterocycles. The van der Waals surface area contributed by atoms with Gasteiger partial charge in [-0.25, -0.2) is 4.79 Å². The van der Waals surface area contributed by atoms with Crippen molar-refractivity contribution >= 4 is 39.2 Å². The lowest BCUT2D eigenvalue weighted by molar-refractivity contribution is -0.149. The van der Waals surface area contributed by atoms with Gasteiger partial charge < -0.3 is 15.2 Å². The fraction of sp³-hybridized carbons (Fsp3) is 0.417. The van der Waals surface area contributed by atoms with E-state index in [1.54, 1.807) is 6.07 Å². The Labute approximate surface area is 118 Å². The number of carboxylic acid groups (broad SMARTS) is 1. The standard InChI is InChI=1S/C12H13BrClNO3/c13-7-1-3-10(9(14)5-7)15-6-8-2-4-11(18-8)12(16)17/h1,3,5,8,11,15H,2,4,6H2,(H,16,17). The van der Waals surface area contributed by atoms with E-state index in [2.05, 4.69) is 21.2 Å². The summed E-state index contributed by atoms with van der Waals surface area (Å²) >= 11 is 9.40. The molecule has 0 amide bonds. The third-order valence-electron chi connectivity index (χ3n) is 2.83. The summed E-state index contributed by atoms with van der Waals surface area (Å²) in [5.74, 6) is -0.890. The number of hydrogen-bond acceptors (Lipinski definition) is 3. The second-order valence-electron chi connectivity index (χ2n) is 4.17. The van der Waals surface area contributed by atoms with E-state index in [0.29, 0.717) is 18.0 Å². The quantitative estimate of drug-likeness (QED) is 0.888. The number of hydrogen-bond donors (Lipinski definition) is 2. The summed E-state index contributed by atoms with van der Waals surface area (Å²) in [6.45, 7) is 0.561. The predicted molar refractivity (Wildman–Crippen MR) is 73.2 cm³/mol. The van der Waals surface area contributed by atoms with Gasteiger partial charge in [-0.05, 0) is 31.0 Å². The van der Waals surface area contributed by atoms with Crippen LogP contribution >= 0.6 is 27.5 Å². The van der Waals surface area contributed by atoms with E-state index in [1.807, 2.05) is 12.1 Å². The third kappa shape index (κ3) is 3.37. The van der Waals surface area contributed by atoms with E-state index < -0.39 is 12.1 Å². The zero-order chi connectivity index (χ0) is 13.1. The van der Waals surface area contributed by atoms with Gasteiger partial charge in [0.05, 0.1) is 16.8 Å². The predicted octanol–water partition coefficient (Wildman–Crippen LogP) is 3.15. The molecule has 0 spiro atoms. The van der Waals surface area contributed by atoms with Crippen molar-refractivity contribution in [3.05, 3.63) is 27.7 Å². The average molecular weight is 335 g/mol. The first-order valence-electron chi connectivity index (χ1n) is 5.63. The van der Waals surface area contributed by atoms with Gasteiger partial charge >= 0.3 is 5.97 Å². The Hall–Kier alpha value is -0.780. The summed E-state index contributed by atoms with van der Waals surface area (Å²) in [5, 5.41) is 12.6. The Kier molecular flexibility index (Phi) is 4.48. The van der Waals surface area contributed by atoms with Crippen LogP contribution < -0.4 is 5.32 Å². The number of aliphatic carboxylic acids is 1.